The maximum Gasteiger partial charge on any atom is 0.237 e. The monoisotopic (exact) mass is 334 g/mol. The van der Waals surface area contributed by atoms with Crippen LogP contribution in [0, 0.1) is 6.92 Å². The number of carbonyl (C=O) groups is 1. The highest BCUT2D eigenvalue weighted by atomic mass is 32.2. The largest absolute Gasteiger partial charge is 0.367 e. The number of aryl methyl sites for hydroxylation is 2. The van der Waals surface area contributed by atoms with Crippen LogP contribution in [0.4, 0.5) is 5.82 Å². The minimum Gasteiger partial charge on any atom is -0.367 e. The molecule has 116 valence electrons. The molecule has 2 aromatic heterocycles. The Kier molecular flexibility index (Phi) is 4.94. The fourth-order valence-electron chi connectivity index (χ4n) is 2.33. The average Bonchev–Trinajstić information content (AvgIpc) is 3.01. The summed E-state index contributed by atoms with van der Waals surface area (Å²) in [4.78, 5) is 13.7. The topological polar surface area (TPSA) is 66.9 Å². The zero-order valence-electron chi connectivity index (χ0n) is 12.3. The summed E-state index contributed by atoms with van der Waals surface area (Å²) in [5.41, 5.74) is 2.08. The number of rotatable bonds is 5. The molecule has 7 heteroatoms. The second kappa shape index (κ2) is 7.11. The van der Waals surface area contributed by atoms with Crippen LogP contribution in [0.15, 0.2) is 23.6 Å². The smallest absolute Gasteiger partial charge is 0.237 e. The first-order chi connectivity index (χ1) is 10.7. The molecule has 2 aromatic rings. The Bertz CT molecular complexity index is 641. The van der Waals surface area contributed by atoms with Crippen LogP contribution in [0.5, 0.6) is 0 Å². The van der Waals surface area contributed by atoms with E-state index in [1.165, 1.54) is 10.4 Å². The summed E-state index contributed by atoms with van der Waals surface area (Å²) >= 11 is 3.48. The van der Waals surface area contributed by atoms with Gasteiger partial charge in [0, 0.05) is 18.0 Å². The number of fused-ring (bicyclic) bond motifs is 1. The molecule has 0 saturated heterocycles. The molecule has 3 rings (SSSR count). The highest BCUT2D eigenvalue weighted by molar-refractivity contribution is 8.00. The van der Waals surface area contributed by atoms with E-state index in [-0.39, 0.29) is 11.2 Å². The van der Waals surface area contributed by atoms with Gasteiger partial charge in [0.1, 0.15) is 11.1 Å². The first-order valence-electron chi connectivity index (χ1n) is 7.24. The predicted octanol–water partition coefficient (Wildman–Crippen LogP) is 2.41. The molecule has 2 N–H and O–H groups in total. The molecule has 0 aromatic carbocycles. The van der Waals surface area contributed by atoms with Gasteiger partial charge in [0.05, 0.1) is 5.69 Å². The van der Waals surface area contributed by atoms with E-state index in [0.717, 1.165) is 23.7 Å². The van der Waals surface area contributed by atoms with Crippen LogP contribution in [0.3, 0.4) is 0 Å². The molecule has 5 nitrogen and oxygen atoms in total. The first-order valence-corrected chi connectivity index (χ1v) is 9.16. The van der Waals surface area contributed by atoms with Gasteiger partial charge in [-0.05, 0) is 48.2 Å². The molecule has 1 aliphatic rings. The highest BCUT2D eigenvalue weighted by Gasteiger charge is 2.27. The minimum absolute atomic E-state index is 0.0610. The first kappa shape index (κ1) is 15.3. The van der Waals surface area contributed by atoms with Crippen LogP contribution in [0.1, 0.15) is 21.4 Å². The molecule has 3 heterocycles. The molecule has 0 bridgehead atoms. The van der Waals surface area contributed by atoms with Crippen LogP contribution >= 0.6 is 23.1 Å². The van der Waals surface area contributed by atoms with Crippen molar-refractivity contribution in [3.63, 3.8) is 0 Å². The summed E-state index contributed by atoms with van der Waals surface area (Å²) in [6.45, 7) is 3.11. The lowest BCUT2D eigenvalue weighted by molar-refractivity contribution is -0.120. The molecule has 0 radical (unpaired) electrons. The van der Waals surface area contributed by atoms with Gasteiger partial charge >= 0.3 is 0 Å². The van der Waals surface area contributed by atoms with Crippen molar-refractivity contribution in [3.8, 4) is 0 Å². The summed E-state index contributed by atoms with van der Waals surface area (Å²) in [6, 6.07) is 5.88. The second-order valence-corrected chi connectivity index (χ2v) is 7.29. The van der Waals surface area contributed by atoms with Gasteiger partial charge in [-0.15, -0.1) is 28.2 Å². The Labute approximate surface area is 137 Å². The number of thiophene rings is 1. The standard InChI is InChI=1S/C15H18N4OS2/c1-10-2-3-13(19-18-10)16-6-7-17-15(20)14-11-4-8-21-12(11)5-9-22-14/h2-4,8,14H,5-7,9H2,1H3,(H,16,19)(H,17,20). The van der Waals surface area contributed by atoms with Gasteiger partial charge in [-0.1, -0.05) is 0 Å². The van der Waals surface area contributed by atoms with Gasteiger partial charge in [-0.25, -0.2) is 0 Å². The number of nitrogens with zero attached hydrogens (tertiary/aromatic N) is 2. The molecule has 0 fully saturated rings. The highest BCUT2D eigenvalue weighted by Crippen LogP contribution is 2.39. The quantitative estimate of drug-likeness (QED) is 0.822. The molecule has 0 aliphatic carbocycles. The van der Waals surface area contributed by atoms with Crippen LogP contribution in [-0.4, -0.2) is 34.9 Å². The number of nitrogens with one attached hydrogen (secondary N) is 2. The lowest BCUT2D eigenvalue weighted by Gasteiger charge is -2.21. The summed E-state index contributed by atoms with van der Waals surface area (Å²) in [5, 5.41) is 16.2. The lowest BCUT2D eigenvalue weighted by Crippen LogP contribution is -2.33. The van der Waals surface area contributed by atoms with Gasteiger partial charge in [0.15, 0.2) is 0 Å². The van der Waals surface area contributed by atoms with Crippen molar-refractivity contribution in [3.05, 3.63) is 39.7 Å². The SMILES string of the molecule is Cc1ccc(NCCNC(=O)C2SCCc3sccc32)nn1. The van der Waals surface area contributed by atoms with Crippen molar-refractivity contribution >= 4 is 34.8 Å². The Morgan fingerprint density at radius 2 is 2.23 bits per heavy atom. The van der Waals surface area contributed by atoms with E-state index in [1.807, 2.05) is 19.1 Å². The maximum absolute atomic E-state index is 12.3. The molecule has 1 atom stereocenters. The zero-order valence-corrected chi connectivity index (χ0v) is 14.0. The van der Waals surface area contributed by atoms with Crippen LogP contribution in [-0.2, 0) is 11.2 Å². The van der Waals surface area contributed by atoms with Crippen molar-refractivity contribution in [1.82, 2.24) is 15.5 Å². The molecule has 0 spiro atoms. The summed E-state index contributed by atoms with van der Waals surface area (Å²) in [5.74, 6) is 1.84. The van der Waals surface area contributed by atoms with E-state index in [9.17, 15) is 4.79 Å². The fourth-order valence-corrected chi connectivity index (χ4v) is 4.64. The summed E-state index contributed by atoms with van der Waals surface area (Å²) in [6.07, 6.45) is 1.08. The van der Waals surface area contributed by atoms with Crippen molar-refractivity contribution in [2.24, 2.45) is 0 Å². The fraction of sp³-hybridized carbons (Fsp3) is 0.400. The van der Waals surface area contributed by atoms with Gasteiger partial charge in [-0.3, -0.25) is 4.79 Å². The Morgan fingerprint density at radius 1 is 1.32 bits per heavy atom. The van der Waals surface area contributed by atoms with Crippen LogP contribution in [0.25, 0.3) is 0 Å². The third kappa shape index (κ3) is 3.59. The zero-order chi connectivity index (χ0) is 15.4. The maximum atomic E-state index is 12.3. The van der Waals surface area contributed by atoms with Gasteiger partial charge in [-0.2, -0.15) is 5.10 Å². The van der Waals surface area contributed by atoms with E-state index < -0.39 is 0 Å². The van der Waals surface area contributed by atoms with Crippen molar-refractivity contribution in [2.75, 3.05) is 24.2 Å². The summed E-state index contributed by atoms with van der Waals surface area (Å²) < 4.78 is 0. The minimum atomic E-state index is -0.0610. The molecule has 0 saturated carbocycles. The van der Waals surface area contributed by atoms with Crippen LogP contribution < -0.4 is 10.6 Å². The number of carbonyl (C=O) groups excluding carboxylic acids is 1. The molecular formula is C15H18N4OS2. The Morgan fingerprint density at radius 3 is 3.05 bits per heavy atom. The number of hydrogen-bond acceptors (Lipinski definition) is 6. The van der Waals surface area contributed by atoms with E-state index in [2.05, 4.69) is 32.3 Å². The number of thioether (sulfide) groups is 1. The van der Waals surface area contributed by atoms with E-state index in [1.54, 1.807) is 23.1 Å². The molecule has 1 aliphatic heterocycles. The van der Waals surface area contributed by atoms with E-state index >= 15 is 0 Å². The van der Waals surface area contributed by atoms with Gasteiger partial charge in [0.25, 0.3) is 0 Å². The lowest BCUT2D eigenvalue weighted by atomic mass is 10.1. The number of anilines is 1. The van der Waals surface area contributed by atoms with Gasteiger partial charge in [0.2, 0.25) is 5.91 Å². The molecular weight excluding hydrogens is 316 g/mol. The number of hydrogen-bond donors (Lipinski definition) is 2. The number of aromatic nitrogens is 2. The molecule has 22 heavy (non-hydrogen) atoms. The van der Waals surface area contributed by atoms with Crippen molar-refractivity contribution in [1.29, 1.82) is 0 Å². The van der Waals surface area contributed by atoms with E-state index in [0.29, 0.717) is 13.1 Å². The van der Waals surface area contributed by atoms with Crippen molar-refractivity contribution in [2.45, 2.75) is 18.6 Å². The third-order valence-electron chi connectivity index (χ3n) is 3.44. The summed E-state index contributed by atoms with van der Waals surface area (Å²) in [7, 11) is 0. The Hall–Kier alpha value is -1.60. The van der Waals surface area contributed by atoms with E-state index in [4.69, 9.17) is 0 Å². The Balaban J connectivity index is 1.46. The predicted molar refractivity (Wildman–Crippen MR) is 91.5 cm³/mol. The van der Waals surface area contributed by atoms with Gasteiger partial charge < -0.3 is 10.6 Å². The molecule has 1 unspecified atom stereocenters. The normalized spacial score (nSPS) is 16.9. The van der Waals surface area contributed by atoms with Crippen molar-refractivity contribution < 1.29 is 4.79 Å². The molecule has 1 amide bonds. The average molecular weight is 334 g/mol. The second-order valence-electron chi connectivity index (χ2n) is 5.08. The third-order valence-corrected chi connectivity index (χ3v) is 5.68. The number of amides is 1. The van der Waals surface area contributed by atoms with Crippen LogP contribution in [0.2, 0.25) is 0 Å².